The van der Waals surface area contributed by atoms with E-state index in [2.05, 4.69) is 15.3 Å². The van der Waals surface area contributed by atoms with Crippen LogP contribution in [0, 0.1) is 6.92 Å². The third-order valence-electron chi connectivity index (χ3n) is 4.67. The normalized spacial score (nSPS) is 19.4. The van der Waals surface area contributed by atoms with Gasteiger partial charge in [-0.3, -0.25) is 14.7 Å². The topological polar surface area (TPSA) is 75.2 Å². The van der Waals surface area contributed by atoms with Gasteiger partial charge in [-0.2, -0.15) is 0 Å². The smallest absolute Gasteiger partial charge is 0.318 e. The highest BCUT2D eigenvalue weighted by Crippen LogP contribution is 2.32. The number of hydrogen-bond donors (Lipinski definition) is 1. The number of pyridine rings is 1. The number of carbonyl (C=O) groups is 2. The van der Waals surface area contributed by atoms with Crippen LogP contribution in [0.25, 0.3) is 10.6 Å². The molecule has 0 spiro atoms. The minimum absolute atomic E-state index is 0.198. The predicted molar refractivity (Wildman–Crippen MR) is 103 cm³/mol. The molecule has 2 aromatic heterocycles. The van der Waals surface area contributed by atoms with Gasteiger partial charge < -0.3 is 5.32 Å². The average Bonchev–Trinajstić information content (AvgIpc) is 3.16. The second-order valence-electron chi connectivity index (χ2n) is 6.56. The van der Waals surface area contributed by atoms with Crippen LogP contribution in [-0.2, 0) is 16.9 Å². The summed E-state index contributed by atoms with van der Waals surface area (Å²) in [5, 5.41) is 3.66. The van der Waals surface area contributed by atoms with E-state index in [4.69, 9.17) is 0 Å². The Morgan fingerprint density at radius 1 is 1.11 bits per heavy atom. The summed E-state index contributed by atoms with van der Waals surface area (Å²) < 4.78 is 0. The molecule has 7 heteroatoms. The van der Waals surface area contributed by atoms with Crippen LogP contribution in [0.4, 0.5) is 4.79 Å². The van der Waals surface area contributed by atoms with Gasteiger partial charge in [0.2, 0.25) is 0 Å². The first kappa shape index (κ1) is 17.4. The lowest BCUT2D eigenvalue weighted by Crippen LogP contribution is -2.41. The van der Waals surface area contributed by atoms with Gasteiger partial charge in [0.15, 0.2) is 5.54 Å². The molecule has 4 rings (SSSR count). The van der Waals surface area contributed by atoms with Crippen molar-refractivity contribution in [2.24, 2.45) is 0 Å². The minimum atomic E-state index is -1.15. The molecule has 1 N–H and O–H groups in total. The zero-order valence-corrected chi connectivity index (χ0v) is 15.8. The molecule has 27 heavy (non-hydrogen) atoms. The van der Waals surface area contributed by atoms with Crippen molar-refractivity contribution in [1.82, 2.24) is 20.2 Å². The quantitative estimate of drug-likeness (QED) is 0.705. The summed E-state index contributed by atoms with van der Waals surface area (Å²) in [7, 11) is 0. The second kappa shape index (κ2) is 6.59. The van der Waals surface area contributed by atoms with E-state index >= 15 is 0 Å². The monoisotopic (exact) mass is 378 g/mol. The number of imide groups is 1. The molecule has 1 fully saturated rings. The lowest BCUT2D eigenvalue weighted by molar-refractivity contribution is -0.131. The van der Waals surface area contributed by atoms with E-state index in [1.807, 2.05) is 37.3 Å². The molecule has 1 aromatic carbocycles. The van der Waals surface area contributed by atoms with Gasteiger partial charge in [0.25, 0.3) is 5.91 Å². The first-order chi connectivity index (χ1) is 13.0. The molecule has 1 unspecified atom stereocenters. The van der Waals surface area contributed by atoms with Crippen molar-refractivity contribution in [3.8, 4) is 10.6 Å². The number of rotatable bonds is 4. The van der Waals surface area contributed by atoms with Gasteiger partial charge in [0.1, 0.15) is 5.01 Å². The van der Waals surface area contributed by atoms with E-state index < -0.39 is 11.6 Å². The molecule has 0 aliphatic carbocycles. The van der Waals surface area contributed by atoms with Gasteiger partial charge in [0, 0.05) is 16.6 Å². The van der Waals surface area contributed by atoms with E-state index in [9.17, 15) is 9.59 Å². The summed E-state index contributed by atoms with van der Waals surface area (Å²) in [5.74, 6) is -0.305. The fraction of sp³-hybridized carbons (Fsp3) is 0.200. The Labute approximate surface area is 160 Å². The lowest BCUT2D eigenvalue weighted by atomic mass is 9.97. The lowest BCUT2D eigenvalue weighted by Gasteiger charge is -2.20. The van der Waals surface area contributed by atoms with Crippen molar-refractivity contribution in [2.75, 3.05) is 0 Å². The number of amides is 3. The van der Waals surface area contributed by atoms with Crippen LogP contribution < -0.4 is 5.32 Å². The number of thiazole rings is 1. The number of benzene rings is 1. The molecule has 0 saturated carbocycles. The molecular formula is C20H18N4O2S. The van der Waals surface area contributed by atoms with Crippen molar-refractivity contribution in [1.29, 1.82) is 0 Å². The Balaban J connectivity index is 1.61. The highest BCUT2D eigenvalue weighted by molar-refractivity contribution is 7.15. The molecule has 1 atom stereocenters. The molecule has 3 aromatic rings. The number of aryl methyl sites for hydroxylation is 1. The number of carbonyl (C=O) groups excluding carboxylic acids is 2. The van der Waals surface area contributed by atoms with Gasteiger partial charge in [-0.1, -0.05) is 36.4 Å². The molecule has 136 valence electrons. The second-order valence-corrected chi connectivity index (χ2v) is 7.64. The summed E-state index contributed by atoms with van der Waals surface area (Å²) in [4.78, 5) is 36.5. The van der Waals surface area contributed by atoms with Gasteiger partial charge >= 0.3 is 6.03 Å². The van der Waals surface area contributed by atoms with E-state index in [1.165, 1.54) is 16.2 Å². The van der Waals surface area contributed by atoms with Crippen LogP contribution in [0.5, 0.6) is 0 Å². The minimum Gasteiger partial charge on any atom is -0.318 e. The van der Waals surface area contributed by atoms with Crippen molar-refractivity contribution in [3.63, 3.8) is 0 Å². The van der Waals surface area contributed by atoms with Crippen LogP contribution in [0.15, 0.2) is 54.7 Å². The van der Waals surface area contributed by atoms with Crippen molar-refractivity contribution in [2.45, 2.75) is 25.9 Å². The third kappa shape index (κ3) is 3.00. The molecule has 1 aliphatic heterocycles. The highest BCUT2D eigenvalue weighted by atomic mass is 32.1. The molecule has 1 aliphatic rings. The van der Waals surface area contributed by atoms with E-state index in [1.54, 1.807) is 31.3 Å². The largest absolute Gasteiger partial charge is 0.325 e. The van der Waals surface area contributed by atoms with Crippen LogP contribution in [-0.4, -0.2) is 26.8 Å². The molecule has 3 heterocycles. The Bertz CT molecular complexity index is 1000. The number of urea groups is 1. The molecule has 3 amide bonds. The van der Waals surface area contributed by atoms with Gasteiger partial charge in [-0.15, -0.1) is 11.3 Å². The van der Waals surface area contributed by atoms with Crippen LogP contribution in [0.1, 0.15) is 23.2 Å². The number of nitrogens with zero attached hydrogens (tertiary/aromatic N) is 3. The molecular weight excluding hydrogens is 360 g/mol. The third-order valence-corrected chi connectivity index (χ3v) is 5.86. The van der Waals surface area contributed by atoms with Gasteiger partial charge in [-0.05, 0) is 26.0 Å². The van der Waals surface area contributed by atoms with Crippen LogP contribution in [0.3, 0.4) is 0 Å². The van der Waals surface area contributed by atoms with Crippen LogP contribution >= 0.6 is 11.3 Å². The van der Waals surface area contributed by atoms with Crippen molar-refractivity contribution >= 4 is 23.3 Å². The fourth-order valence-electron chi connectivity index (χ4n) is 3.10. The van der Waals surface area contributed by atoms with Crippen LogP contribution in [0.2, 0.25) is 0 Å². The number of hydrogen-bond acceptors (Lipinski definition) is 5. The number of nitrogens with one attached hydrogen (secondary N) is 1. The summed E-state index contributed by atoms with van der Waals surface area (Å²) >= 11 is 1.50. The highest BCUT2D eigenvalue weighted by Gasteiger charge is 2.50. The SMILES string of the molecule is Cc1nc(-c2ccccc2)sc1CN1C(=O)NC(C)(c2ccccn2)C1=O. The maximum absolute atomic E-state index is 13.0. The summed E-state index contributed by atoms with van der Waals surface area (Å²) in [6, 6.07) is 14.8. The average molecular weight is 378 g/mol. The van der Waals surface area contributed by atoms with Crippen molar-refractivity contribution in [3.05, 3.63) is 71.0 Å². The molecule has 6 nitrogen and oxygen atoms in total. The fourth-order valence-corrected chi connectivity index (χ4v) is 4.15. The molecule has 0 radical (unpaired) electrons. The van der Waals surface area contributed by atoms with E-state index in [0.29, 0.717) is 5.69 Å². The van der Waals surface area contributed by atoms with Crippen molar-refractivity contribution < 1.29 is 9.59 Å². The van der Waals surface area contributed by atoms with Gasteiger partial charge in [0.05, 0.1) is 17.9 Å². The first-order valence-electron chi connectivity index (χ1n) is 8.56. The Hall–Kier alpha value is -3.06. The zero-order valence-electron chi connectivity index (χ0n) is 15.0. The molecule has 0 bridgehead atoms. The zero-order chi connectivity index (χ0) is 19.0. The maximum atomic E-state index is 13.0. The Morgan fingerprint density at radius 2 is 1.85 bits per heavy atom. The predicted octanol–water partition coefficient (Wildman–Crippen LogP) is 3.48. The van der Waals surface area contributed by atoms with E-state index in [0.717, 1.165) is 21.1 Å². The Kier molecular flexibility index (Phi) is 4.24. The summed E-state index contributed by atoms with van der Waals surface area (Å²) in [6.45, 7) is 3.78. The number of aromatic nitrogens is 2. The van der Waals surface area contributed by atoms with Gasteiger partial charge in [-0.25, -0.2) is 9.78 Å². The first-order valence-corrected chi connectivity index (χ1v) is 9.38. The standard InChI is InChI=1S/C20H18N4O2S/c1-13-15(27-17(22-13)14-8-4-3-5-9-14)12-24-18(25)20(2,23-19(24)26)16-10-6-7-11-21-16/h3-11H,12H2,1-2H3,(H,23,26). The summed E-state index contributed by atoms with van der Waals surface area (Å²) in [6.07, 6.45) is 1.61. The Morgan fingerprint density at radius 3 is 2.56 bits per heavy atom. The van der Waals surface area contributed by atoms with E-state index in [-0.39, 0.29) is 12.5 Å². The summed E-state index contributed by atoms with van der Waals surface area (Å²) in [5.41, 5.74) is 1.22. The maximum Gasteiger partial charge on any atom is 0.325 e. The molecule has 1 saturated heterocycles.